The SMILES string of the molecule is CCCCCC(=O)CCC(=O)N[C@@H](CCCCN)C(=O)O. The quantitative estimate of drug-likeness (QED) is 0.448. The lowest BCUT2D eigenvalue weighted by Crippen LogP contribution is -2.40. The molecule has 0 saturated heterocycles. The van der Waals surface area contributed by atoms with Gasteiger partial charge in [-0.3, -0.25) is 9.59 Å². The third kappa shape index (κ3) is 11.0. The van der Waals surface area contributed by atoms with Gasteiger partial charge in [-0.15, -0.1) is 0 Å². The number of nitrogens with two attached hydrogens (primary N) is 1. The number of hydrogen-bond acceptors (Lipinski definition) is 4. The van der Waals surface area contributed by atoms with Gasteiger partial charge in [-0.2, -0.15) is 0 Å². The lowest BCUT2D eigenvalue weighted by atomic mass is 10.1. The van der Waals surface area contributed by atoms with E-state index < -0.39 is 12.0 Å². The summed E-state index contributed by atoms with van der Waals surface area (Å²) in [6, 6.07) is -0.890. The van der Waals surface area contributed by atoms with Crippen LogP contribution in [-0.2, 0) is 14.4 Å². The van der Waals surface area contributed by atoms with Crippen molar-refractivity contribution in [3.8, 4) is 0 Å². The average Bonchev–Trinajstić information content (AvgIpc) is 2.44. The minimum absolute atomic E-state index is 0.0611. The first-order valence-electron chi connectivity index (χ1n) is 7.75. The number of rotatable bonds is 13. The Balaban J connectivity index is 3.97. The normalized spacial score (nSPS) is 11.9. The molecule has 0 bridgehead atoms. The molecular weight excluding hydrogens is 272 g/mol. The maximum Gasteiger partial charge on any atom is 0.326 e. The predicted molar refractivity (Wildman–Crippen MR) is 80.9 cm³/mol. The molecule has 0 spiro atoms. The molecule has 21 heavy (non-hydrogen) atoms. The second-order valence-electron chi connectivity index (χ2n) is 5.24. The minimum atomic E-state index is -1.05. The summed E-state index contributed by atoms with van der Waals surface area (Å²) in [6.07, 6.45) is 5.42. The maximum atomic E-state index is 11.7. The van der Waals surface area contributed by atoms with E-state index in [-0.39, 0.29) is 24.5 Å². The molecule has 122 valence electrons. The van der Waals surface area contributed by atoms with E-state index in [9.17, 15) is 14.4 Å². The van der Waals surface area contributed by atoms with E-state index >= 15 is 0 Å². The van der Waals surface area contributed by atoms with E-state index in [4.69, 9.17) is 10.8 Å². The van der Waals surface area contributed by atoms with Gasteiger partial charge < -0.3 is 16.2 Å². The summed E-state index contributed by atoms with van der Waals surface area (Å²) in [6.45, 7) is 2.57. The van der Waals surface area contributed by atoms with Gasteiger partial charge in [-0.25, -0.2) is 4.79 Å². The summed E-state index contributed by atoms with van der Waals surface area (Å²) < 4.78 is 0. The summed E-state index contributed by atoms with van der Waals surface area (Å²) in [5.74, 6) is -1.36. The van der Waals surface area contributed by atoms with Gasteiger partial charge >= 0.3 is 5.97 Å². The first kappa shape index (κ1) is 19.6. The molecule has 6 heteroatoms. The van der Waals surface area contributed by atoms with Crippen molar-refractivity contribution in [1.82, 2.24) is 5.32 Å². The van der Waals surface area contributed by atoms with Crippen molar-refractivity contribution in [2.45, 2.75) is 70.8 Å². The van der Waals surface area contributed by atoms with E-state index in [1.807, 2.05) is 0 Å². The molecule has 1 amide bonds. The first-order valence-corrected chi connectivity index (χ1v) is 7.75. The van der Waals surface area contributed by atoms with Crippen LogP contribution in [0.5, 0.6) is 0 Å². The Hall–Kier alpha value is -1.43. The van der Waals surface area contributed by atoms with Gasteiger partial charge in [0, 0.05) is 19.3 Å². The highest BCUT2D eigenvalue weighted by molar-refractivity contribution is 5.87. The Bertz CT molecular complexity index is 332. The molecule has 6 nitrogen and oxygen atoms in total. The molecule has 0 rings (SSSR count). The number of unbranched alkanes of at least 4 members (excludes halogenated alkanes) is 3. The second-order valence-corrected chi connectivity index (χ2v) is 5.24. The Morgan fingerprint density at radius 3 is 2.33 bits per heavy atom. The molecule has 1 atom stereocenters. The van der Waals surface area contributed by atoms with Gasteiger partial charge in [0.25, 0.3) is 0 Å². The zero-order valence-corrected chi connectivity index (χ0v) is 12.9. The van der Waals surface area contributed by atoms with Crippen molar-refractivity contribution in [1.29, 1.82) is 0 Å². The minimum Gasteiger partial charge on any atom is -0.480 e. The predicted octanol–water partition coefficient (Wildman–Crippen LogP) is 1.61. The number of amides is 1. The van der Waals surface area contributed by atoms with E-state index in [0.29, 0.717) is 25.8 Å². The molecule has 0 saturated carbocycles. The molecule has 4 N–H and O–H groups in total. The molecular formula is C15H28N2O4. The highest BCUT2D eigenvalue weighted by atomic mass is 16.4. The summed E-state index contributed by atoms with van der Waals surface area (Å²) in [7, 11) is 0. The van der Waals surface area contributed by atoms with Gasteiger partial charge in [-0.1, -0.05) is 19.8 Å². The van der Waals surface area contributed by atoms with Crippen molar-refractivity contribution in [3.05, 3.63) is 0 Å². The summed E-state index contributed by atoms with van der Waals surface area (Å²) in [5, 5.41) is 11.5. The smallest absolute Gasteiger partial charge is 0.326 e. The Morgan fingerprint density at radius 1 is 1.05 bits per heavy atom. The molecule has 0 aliphatic rings. The number of carbonyl (C=O) groups excluding carboxylic acids is 2. The second kappa shape index (κ2) is 12.3. The number of aliphatic carboxylic acids is 1. The largest absolute Gasteiger partial charge is 0.480 e. The highest BCUT2D eigenvalue weighted by Gasteiger charge is 2.19. The summed E-state index contributed by atoms with van der Waals surface area (Å²) in [5.41, 5.74) is 5.35. The molecule has 0 aromatic heterocycles. The van der Waals surface area contributed by atoms with Gasteiger partial charge in [0.2, 0.25) is 5.91 Å². The number of carboxylic acid groups (broad SMARTS) is 1. The van der Waals surface area contributed by atoms with E-state index in [0.717, 1.165) is 25.7 Å². The zero-order chi connectivity index (χ0) is 16.1. The number of nitrogens with one attached hydrogen (secondary N) is 1. The van der Waals surface area contributed by atoms with Crippen LogP contribution in [0.2, 0.25) is 0 Å². The van der Waals surface area contributed by atoms with Crippen molar-refractivity contribution in [3.63, 3.8) is 0 Å². The molecule has 0 aliphatic heterocycles. The van der Waals surface area contributed by atoms with Crippen molar-refractivity contribution in [2.75, 3.05) is 6.54 Å². The van der Waals surface area contributed by atoms with Gasteiger partial charge in [0.15, 0.2) is 0 Å². The summed E-state index contributed by atoms with van der Waals surface area (Å²) >= 11 is 0. The fraction of sp³-hybridized carbons (Fsp3) is 0.800. The zero-order valence-electron chi connectivity index (χ0n) is 12.9. The standard InChI is InChI=1S/C15H28N2O4/c1-2-3-4-7-12(18)9-10-14(19)17-13(15(20)21)8-5-6-11-16/h13H,2-11,16H2,1H3,(H,17,19)(H,20,21)/t13-/m0/s1. The Kier molecular flexibility index (Phi) is 11.5. The van der Waals surface area contributed by atoms with Gasteiger partial charge in [0.1, 0.15) is 11.8 Å². The average molecular weight is 300 g/mol. The molecule has 0 fully saturated rings. The van der Waals surface area contributed by atoms with Crippen LogP contribution < -0.4 is 11.1 Å². The number of carbonyl (C=O) groups is 3. The van der Waals surface area contributed by atoms with E-state index in [1.54, 1.807) is 0 Å². The first-order chi connectivity index (χ1) is 10.0. The monoisotopic (exact) mass is 300 g/mol. The highest BCUT2D eigenvalue weighted by Crippen LogP contribution is 2.05. The van der Waals surface area contributed by atoms with Crippen LogP contribution >= 0.6 is 0 Å². The van der Waals surface area contributed by atoms with Crippen LogP contribution in [0.3, 0.4) is 0 Å². The fourth-order valence-electron chi connectivity index (χ4n) is 1.97. The molecule has 0 aromatic rings. The van der Waals surface area contributed by atoms with Crippen molar-refractivity contribution >= 4 is 17.7 Å². The third-order valence-corrected chi connectivity index (χ3v) is 3.27. The third-order valence-electron chi connectivity index (χ3n) is 3.27. The lowest BCUT2D eigenvalue weighted by molar-refractivity contribution is -0.142. The molecule has 0 heterocycles. The number of carboxylic acids is 1. The molecule has 0 aliphatic carbocycles. The molecule has 0 radical (unpaired) electrons. The number of ketones is 1. The van der Waals surface area contributed by atoms with Crippen LogP contribution in [0.1, 0.15) is 64.7 Å². The van der Waals surface area contributed by atoms with Crippen LogP contribution in [0, 0.1) is 0 Å². The maximum absolute atomic E-state index is 11.7. The van der Waals surface area contributed by atoms with Gasteiger partial charge in [-0.05, 0) is 32.2 Å². The van der Waals surface area contributed by atoms with Crippen LogP contribution in [0.25, 0.3) is 0 Å². The Morgan fingerprint density at radius 2 is 1.76 bits per heavy atom. The lowest BCUT2D eigenvalue weighted by Gasteiger charge is -2.14. The van der Waals surface area contributed by atoms with Crippen molar-refractivity contribution < 1.29 is 19.5 Å². The van der Waals surface area contributed by atoms with Crippen LogP contribution in [0.4, 0.5) is 0 Å². The van der Waals surface area contributed by atoms with Gasteiger partial charge in [0.05, 0.1) is 0 Å². The van der Waals surface area contributed by atoms with Crippen LogP contribution in [0.15, 0.2) is 0 Å². The molecule has 0 unspecified atom stereocenters. The van der Waals surface area contributed by atoms with Crippen LogP contribution in [-0.4, -0.2) is 35.4 Å². The fourth-order valence-corrected chi connectivity index (χ4v) is 1.97. The summed E-state index contributed by atoms with van der Waals surface area (Å²) in [4.78, 5) is 34.2. The number of hydrogen-bond donors (Lipinski definition) is 3. The van der Waals surface area contributed by atoms with E-state index in [2.05, 4.69) is 12.2 Å². The topological polar surface area (TPSA) is 109 Å². The van der Waals surface area contributed by atoms with Crippen molar-refractivity contribution in [2.24, 2.45) is 5.73 Å². The molecule has 0 aromatic carbocycles. The Labute approximate surface area is 126 Å². The number of Topliss-reactive ketones (excluding diaryl/α,β-unsaturated/α-hetero) is 1. The van der Waals surface area contributed by atoms with E-state index in [1.165, 1.54) is 0 Å².